The fourth-order valence-corrected chi connectivity index (χ4v) is 3.62. The van der Waals surface area contributed by atoms with Gasteiger partial charge in [0.05, 0.1) is 18.0 Å². The molecule has 1 aromatic heterocycles. The van der Waals surface area contributed by atoms with Crippen molar-refractivity contribution in [2.24, 2.45) is 5.73 Å². The average Bonchev–Trinajstić information content (AvgIpc) is 3.02. The molecule has 4 N–H and O–H groups in total. The molecule has 1 unspecified atom stereocenters. The molecule has 0 spiro atoms. The maximum atomic E-state index is 12.0. The van der Waals surface area contributed by atoms with Crippen LogP contribution >= 0.6 is 0 Å². The van der Waals surface area contributed by atoms with Crippen LogP contribution in [-0.4, -0.2) is 49.2 Å². The van der Waals surface area contributed by atoms with Crippen LogP contribution in [0.1, 0.15) is 20.3 Å². The van der Waals surface area contributed by atoms with Crippen molar-refractivity contribution in [2.75, 3.05) is 12.4 Å². The number of ether oxygens (including phenoxy) is 2. The Labute approximate surface area is 140 Å². The Balaban J connectivity index is 1.88. The molecule has 1 aromatic carbocycles. The zero-order valence-corrected chi connectivity index (χ0v) is 14.5. The first kappa shape index (κ1) is 17.0. The molecule has 1 aliphatic heterocycles. The van der Waals surface area contributed by atoms with Gasteiger partial charge in [-0.25, -0.2) is 13.1 Å². The van der Waals surface area contributed by atoms with Gasteiger partial charge in [-0.3, -0.25) is 5.10 Å². The lowest BCUT2D eigenvalue weighted by Crippen LogP contribution is -2.52. The summed E-state index contributed by atoms with van der Waals surface area (Å²) in [6.07, 6.45) is 1.67. The number of rotatable bonds is 6. The molecule has 9 heteroatoms. The van der Waals surface area contributed by atoms with Gasteiger partial charge in [-0.15, -0.1) is 0 Å². The summed E-state index contributed by atoms with van der Waals surface area (Å²) in [7, 11) is -3.38. The van der Waals surface area contributed by atoms with E-state index in [9.17, 15) is 8.42 Å². The summed E-state index contributed by atoms with van der Waals surface area (Å²) in [4.78, 5) is 0. The minimum Gasteiger partial charge on any atom is -0.486 e. The molecular formula is C15H22N4O4S. The molecule has 8 nitrogen and oxygen atoms in total. The quantitative estimate of drug-likeness (QED) is 0.704. The van der Waals surface area contributed by atoms with E-state index < -0.39 is 22.2 Å². The van der Waals surface area contributed by atoms with Gasteiger partial charge < -0.3 is 15.2 Å². The molecular weight excluding hydrogens is 332 g/mol. The Morgan fingerprint density at radius 1 is 1.50 bits per heavy atom. The zero-order valence-electron chi connectivity index (χ0n) is 13.7. The standard InChI is InChI=1S/C15H22N4O4S/c1-3-24(20,21)19-11(6-9(2)16)13-8-22-12-5-4-10-7-17-18-14(10)15(12)23-13/h4-5,7,9,11,13,19H,3,6,8,16H2,1-2H3,(H,17,18)/t9-,11?,13+/m0/s1. The van der Waals surface area contributed by atoms with E-state index in [1.807, 2.05) is 19.1 Å². The third-order valence-corrected chi connectivity index (χ3v) is 5.41. The van der Waals surface area contributed by atoms with Crippen LogP contribution < -0.4 is 19.9 Å². The molecule has 0 fully saturated rings. The highest BCUT2D eigenvalue weighted by Crippen LogP contribution is 2.38. The Bertz CT molecular complexity index is 818. The van der Waals surface area contributed by atoms with Gasteiger partial charge in [0.25, 0.3) is 0 Å². The van der Waals surface area contributed by atoms with Crippen LogP contribution in [0.4, 0.5) is 0 Å². The Morgan fingerprint density at radius 2 is 2.29 bits per heavy atom. The minimum atomic E-state index is -3.38. The summed E-state index contributed by atoms with van der Waals surface area (Å²) in [5.41, 5.74) is 6.61. The minimum absolute atomic E-state index is 0.00257. The Morgan fingerprint density at radius 3 is 3.00 bits per heavy atom. The second-order valence-corrected chi connectivity index (χ2v) is 8.08. The van der Waals surface area contributed by atoms with Crippen LogP contribution in [-0.2, 0) is 10.0 Å². The predicted octanol–water partition coefficient (Wildman–Crippen LogP) is 0.748. The molecule has 0 saturated carbocycles. The van der Waals surface area contributed by atoms with Crippen molar-refractivity contribution in [3.8, 4) is 11.5 Å². The number of fused-ring (bicyclic) bond motifs is 3. The highest BCUT2D eigenvalue weighted by Gasteiger charge is 2.33. The largest absolute Gasteiger partial charge is 0.486 e. The molecule has 0 amide bonds. The number of H-pyrrole nitrogens is 1. The maximum absolute atomic E-state index is 12.0. The molecule has 3 atom stereocenters. The Kier molecular flexibility index (Phi) is 4.66. The number of benzene rings is 1. The summed E-state index contributed by atoms with van der Waals surface area (Å²) in [6.45, 7) is 3.67. The smallest absolute Gasteiger partial charge is 0.211 e. The molecule has 2 aromatic rings. The van der Waals surface area contributed by atoms with Crippen LogP contribution in [0.5, 0.6) is 11.5 Å². The number of sulfonamides is 1. The van der Waals surface area contributed by atoms with Gasteiger partial charge in [-0.1, -0.05) is 0 Å². The fourth-order valence-electron chi connectivity index (χ4n) is 2.74. The van der Waals surface area contributed by atoms with Gasteiger partial charge in [-0.2, -0.15) is 5.10 Å². The molecule has 0 saturated heterocycles. The second kappa shape index (κ2) is 6.58. The fraction of sp³-hybridized carbons (Fsp3) is 0.533. The van der Waals surface area contributed by atoms with Crippen molar-refractivity contribution in [3.63, 3.8) is 0 Å². The van der Waals surface area contributed by atoms with Crippen LogP contribution in [0.3, 0.4) is 0 Å². The Hall–Kier alpha value is -1.84. The van der Waals surface area contributed by atoms with Crippen molar-refractivity contribution < 1.29 is 17.9 Å². The third kappa shape index (κ3) is 3.47. The van der Waals surface area contributed by atoms with Crippen molar-refractivity contribution in [2.45, 2.75) is 38.5 Å². The van der Waals surface area contributed by atoms with Crippen molar-refractivity contribution >= 4 is 20.9 Å². The van der Waals surface area contributed by atoms with Crippen LogP contribution in [0.2, 0.25) is 0 Å². The first-order valence-corrected chi connectivity index (χ1v) is 9.56. The molecule has 1 aliphatic rings. The van der Waals surface area contributed by atoms with Crippen molar-refractivity contribution in [1.82, 2.24) is 14.9 Å². The summed E-state index contributed by atoms with van der Waals surface area (Å²) in [5.74, 6) is 1.16. The first-order chi connectivity index (χ1) is 11.4. The van der Waals surface area contributed by atoms with Gasteiger partial charge in [0, 0.05) is 11.4 Å². The number of nitrogens with zero attached hydrogens (tertiary/aromatic N) is 1. The number of nitrogens with two attached hydrogens (primary N) is 1. The highest BCUT2D eigenvalue weighted by molar-refractivity contribution is 7.89. The molecule has 2 heterocycles. The lowest BCUT2D eigenvalue weighted by atomic mass is 10.0. The van der Waals surface area contributed by atoms with Crippen molar-refractivity contribution in [3.05, 3.63) is 18.3 Å². The van der Waals surface area contributed by atoms with E-state index in [0.29, 0.717) is 17.9 Å². The molecule has 3 rings (SSSR count). The van der Waals surface area contributed by atoms with E-state index in [2.05, 4.69) is 14.9 Å². The zero-order chi connectivity index (χ0) is 17.3. The van der Waals surface area contributed by atoms with E-state index in [4.69, 9.17) is 15.2 Å². The molecule has 0 bridgehead atoms. The second-order valence-electron chi connectivity index (χ2n) is 6.04. The summed E-state index contributed by atoms with van der Waals surface area (Å²) in [5, 5.41) is 7.80. The van der Waals surface area contributed by atoms with E-state index in [0.717, 1.165) is 10.9 Å². The van der Waals surface area contributed by atoms with Gasteiger partial charge in [0.2, 0.25) is 10.0 Å². The molecule has 24 heavy (non-hydrogen) atoms. The predicted molar refractivity (Wildman–Crippen MR) is 90.7 cm³/mol. The SMILES string of the molecule is CCS(=O)(=O)NC(C[C@H](C)N)[C@H]1COc2ccc3cn[nH]c3c2O1. The number of aromatic nitrogens is 2. The number of aromatic amines is 1. The lowest BCUT2D eigenvalue weighted by molar-refractivity contribution is 0.0659. The van der Waals surface area contributed by atoms with E-state index in [1.54, 1.807) is 13.1 Å². The van der Waals surface area contributed by atoms with Gasteiger partial charge in [0.15, 0.2) is 11.5 Å². The van der Waals surface area contributed by atoms with Gasteiger partial charge >= 0.3 is 0 Å². The molecule has 132 valence electrons. The van der Waals surface area contributed by atoms with E-state index >= 15 is 0 Å². The monoisotopic (exact) mass is 354 g/mol. The normalized spacial score (nSPS) is 20.0. The van der Waals surface area contributed by atoms with Crippen LogP contribution in [0.25, 0.3) is 10.9 Å². The van der Waals surface area contributed by atoms with Crippen LogP contribution in [0, 0.1) is 0 Å². The van der Waals surface area contributed by atoms with E-state index in [-0.39, 0.29) is 18.4 Å². The maximum Gasteiger partial charge on any atom is 0.211 e. The third-order valence-electron chi connectivity index (χ3n) is 3.99. The average molecular weight is 354 g/mol. The highest BCUT2D eigenvalue weighted by atomic mass is 32.2. The number of hydrogen-bond acceptors (Lipinski definition) is 6. The first-order valence-electron chi connectivity index (χ1n) is 7.90. The summed E-state index contributed by atoms with van der Waals surface area (Å²) in [6, 6.07) is 3.06. The molecule has 0 radical (unpaired) electrons. The topological polar surface area (TPSA) is 119 Å². The summed E-state index contributed by atoms with van der Waals surface area (Å²) >= 11 is 0. The van der Waals surface area contributed by atoms with Crippen molar-refractivity contribution in [1.29, 1.82) is 0 Å². The van der Waals surface area contributed by atoms with E-state index in [1.165, 1.54) is 0 Å². The van der Waals surface area contributed by atoms with Crippen LogP contribution in [0.15, 0.2) is 18.3 Å². The van der Waals surface area contributed by atoms with Gasteiger partial charge in [-0.05, 0) is 32.4 Å². The number of hydrogen-bond donors (Lipinski definition) is 3. The summed E-state index contributed by atoms with van der Waals surface area (Å²) < 4.78 is 38.5. The lowest BCUT2D eigenvalue weighted by Gasteiger charge is -2.33. The van der Waals surface area contributed by atoms with Gasteiger partial charge in [0.1, 0.15) is 18.2 Å². The molecule has 0 aliphatic carbocycles. The number of nitrogens with one attached hydrogen (secondary N) is 2.